The van der Waals surface area contributed by atoms with Crippen LogP contribution in [-0.4, -0.2) is 40.7 Å². The Bertz CT molecular complexity index is 555. The predicted molar refractivity (Wildman–Crippen MR) is 89.0 cm³/mol. The standard InChI is InChI=1S/C14H23N5O3.ClH/c1-3-4-10-12(19(21)22)11(18-17-10)13(20)16-9-14(2)5-7-15-8-6-14;/h15H,3-9H2,1-2H3,(H,16,20)(H,17,18);1H. The Morgan fingerprint density at radius 3 is 2.65 bits per heavy atom. The Balaban J connectivity index is 0.00000264. The molecular weight excluding hydrogens is 322 g/mol. The lowest BCUT2D eigenvalue weighted by atomic mass is 9.81. The average Bonchev–Trinajstić information content (AvgIpc) is 2.90. The Kier molecular flexibility index (Phi) is 6.96. The second-order valence-corrected chi connectivity index (χ2v) is 6.15. The summed E-state index contributed by atoms with van der Waals surface area (Å²) in [5.41, 5.74) is 0.115. The van der Waals surface area contributed by atoms with Crippen molar-refractivity contribution in [1.29, 1.82) is 0 Å². The Morgan fingerprint density at radius 2 is 2.09 bits per heavy atom. The minimum atomic E-state index is -0.532. The van der Waals surface area contributed by atoms with E-state index in [1.165, 1.54) is 0 Å². The second-order valence-electron chi connectivity index (χ2n) is 6.15. The van der Waals surface area contributed by atoms with Gasteiger partial charge >= 0.3 is 5.69 Å². The molecule has 0 aromatic carbocycles. The lowest BCUT2D eigenvalue weighted by Crippen LogP contribution is -2.43. The van der Waals surface area contributed by atoms with E-state index in [-0.39, 0.29) is 29.2 Å². The summed E-state index contributed by atoms with van der Waals surface area (Å²) in [6, 6.07) is 0. The highest BCUT2D eigenvalue weighted by atomic mass is 35.5. The van der Waals surface area contributed by atoms with Gasteiger partial charge in [-0.15, -0.1) is 12.4 Å². The van der Waals surface area contributed by atoms with Crippen LogP contribution in [0.1, 0.15) is 49.3 Å². The van der Waals surface area contributed by atoms with E-state index in [9.17, 15) is 14.9 Å². The quantitative estimate of drug-likeness (QED) is 0.537. The molecule has 1 aliphatic heterocycles. The number of amides is 1. The van der Waals surface area contributed by atoms with Gasteiger partial charge in [0.25, 0.3) is 5.91 Å². The molecule has 0 spiro atoms. The molecule has 8 nitrogen and oxygen atoms in total. The highest BCUT2D eigenvalue weighted by Crippen LogP contribution is 2.27. The molecule has 130 valence electrons. The number of piperidine rings is 1. The summed E-state index contributed by atoms with van der Waals surface area (Å²) in [7, 11) is 0. The van der Waals surface area contributed by atoms with Crippen molar-refractivity contribution >= 4 is 24.0 Å². The number of hydrogen-bond donors (Lipinski definition) is 3. The number of halogens is 1. The van der Waals surface area contributed by atoms with Crippen molar-refractivity contribution in [3.05, 3.63) is 21.5 Å². The van der Waals surface area contributed by atoms with E-state index < -0.39 is 10.8 Å². The van der Waals surface area contributed by atoms with Crippen LogP contribution in [0, 0.1) is 15.5 Å². The lowest BCUT2D eigenvalue weighted by Gasteiger charge is -2.33. The van der Waals surface area contributed by atoms with Crippen molar-refractivity contribution in [3.63, 3.8) is 0 Å². The Morgan fingerprint density at radius 1 is 1.43 bits per heavy atom. The number of aryl methyl sites for hydroxylation is 1. The number of nitrogens with one attached hydrogen (secondary N) is 3. The molecule has 1 aromatic rings. The number of H-pyrrole nitrogens is 1. The smallest absolute Gasteiger partial charge is 0.322 e. The molecule has 0 atom stereocenters. The van der Waals surface area contributed by atoms with Crippen LogP contribution in [0.5, 0.6) is 0 Å². The van der Waals surface area contributed by atoms with E-state index in [0.717, 1.165) is 32.4 Å². The van der Waals surface area contributed by atoms with E-state index in [2.05, 4.69) is 27.8 Å². The second kappa shape index (κ2) is 8.26. The van der Waals surface area contributed by atoms with Crippen molar-refractivity contribution in [2.75, 3.05) is 19.6 Å². The van der Waals surface area contributed by atoms with Gasteiger partial charge in [-0.3, -0.25) is 20.0 Å². The number of aromatic amines is 1. The molecule has 2 rings (SSSR count). The van der Waals surface area contributed by atoms with Gasteiger partial charge in [0.1, 0.15) is 5.69 Å². The van der Waals surface area contributed by atoms with Gasteiger partial charge in [0.15, 0.2) is 0 Å². The Hall–Kier alpha value is -1.67. The van der Waals surface area contributed by atoms with Gasteiger partial charge in [-0.2, -0.15) is 5.10 Å². The fraction of sp³-hybridized carbons (Fsp3) is 0.714. The molecule has 23 heavy (non-hydrogen) atoms. The molecule has 1 fully saturated rings. The minimum absolute atomic E-state index is 0. The fourth-order valence-corrected chi connectivity index (χ4v) is 2.74. The summed E-state index contributed by atoms with van der Waals surface area (Å²) in [5.74, 6) is -0.481. The first-order valence-corrected chi connectivity index (χ1v) is 7.67. The maximum absolute atomic E-state index is 12.3. The van der Waals surface area contributed by atoms with Crippen molar-refractivity contribution < 1.29 is 9.72 Å². The highest BCUT2D eigenvalue weighted by Gasteiger charge is 2.31. The number of hydrogen-bond acceptors (Lipinski definition) is 5. The number of carbonyl (C=O) groups excluding carboxylic acids is 1. The van der Waals surface area contributed by atoms with Crippen LogP contribution in [0.15, 0.2) is 0 Å². The minimum Gasteiger partial charge on any atom is -0.350 e. The third kappa shape index (κ3) is 4.65. The summed E-state index contributed by atoms with van der Waals surface area (Å²) in [6.07, 6.45) is 3.18. The Labute approximate surface area is 141 Å². The number of aromatic nitrogens is 2. The van der Waals surface area contributed by atoms with Gasteiger partial charge in [0, 0.05) is 6.54 Å². The molecule has 9 heteroatoms. The first kappa shape index (κ1) is 19.4. The fourth-order valence-electron chi connectivity index (χ4n) is 2.74. The largest absolute Gasteiger partial charge is 0.350 e. The predicted octanol–water partition coefficient (Wildman–Crippen LogP) is 1.81. The summed E-state index contributed by atoms with van der Waals surface area (Å²) in [5, 5.41) is 23.8. The maximum atomic E-state index is 12.3. The van der Waals surface area contributed by atoms with Crippen LogP contribution >= 0.6 is 12.4 Å². The van der Waals surface area contributed by atoms with Crippen molar-refractivity contribution in [2.45, 2.75) is 39.5 Å². The normalized spacial score (nSPS) is 16.4. The molecule has 1 saturated heterocycles. The molecule has 0 bridgehead atoms. The van der Waals surface area contributed by atoms with Gasteiger partial charge in [0.2, 0.25) is 5.69 Å². The average molecular weight is 346 g/mol. The molecule has 2 heterocycles. The van der Waals surface area contributed by atoms with E-state index in [0.29, 0.717) is 18.7 Å². The van der Waals surface area contributed by atoms with Gasteiger partial charge in [-0.1, -0.05) is 20.3 Å². The van der Waals surface area contributed by atoms with E-state index in [4.69, 9.17) is 0 Å². The monoisotopic (exact) mass is 345 g/mol. The van der Waals surface area contributed by atoms with Crippen LogP contribution in [0.25, 0.3) is 0 Å². The number of nitro groups is 1. The zero-order valence-electron chi connectivity index (χ0n) is 13.5. The molecule has 1 aromatic heterocycles. The summed E-state index contributed by atoms with van der Waals surface area (Å²) in [6.45, 7) is 6.39. The summed E-state index contributed by atoms with van der Waals surface area (Å²) < 4.78 is 0. The van der Waals surface area contributed by atoms with Crippen LogP contribution in [0.4, 0.5) is 5.69 Å². The molecule has 0 aliphatic carbocycles. The summed E-state index contributed by atoms with van der Waals surface area (Å²) in [4.78, 5) is 22.9. The zero-order valence-corrected chi connectivity index (χ0v) is 14.3. The van der Waals surface area contributed by atoms with Crippen LogP contribution in [-0.2, 0) is 6.42 Å². The lowest BCUT2D eigenvalue weighted by molar-refractivity contribution is -0.385. The van der Waals surface area contributed by atoms with E-state index in [1.807, 2.05) is 6.92 Å². The van der Waals surface area contributed by atoms with Gasteiger partial charge < -0.3 is 10.6 Å². The highest BCUT2D eigenvalue weighted by molar-refractivity contribution is 5.96. The van der Waals surface area contributed by atoms with Gasteiger partial charge in [-0.25, -0.2) is 0 Å². The van der Waals surface area contributed by atoms with Crippen LogP contribution < -0.4 is 10.6 Å². The van der Waals surface area contributed by atoms with E-state index >= 15 is 0 Å². The van der Waals surface area contributed by atoms with Crippen molar-refractivity contribution in [2.24, 2.45) is 5.41 Å². The van der Waals surface area contributed by atoms with Crippen LogP contribution in [0.3, 0.4) is 0 Å². The molecule has 3 N–H and O–H groups in total. The number of rotatable bonds is 6. The number of nitrogens with zero attached hydrogens (tertiary/aromatic N) is 2. The van der Waals surface area contributed by atoms with Crippen molar-refractivity contribution in [3.8, 4) is 0 Å². The summed E-state index contributed by atoms with van der Waals surface area (Å²) >= 11 is 0. The van der Waals surface area contributed by atoms with Crippen molar-refractivity contribution in [1.82, 2.24) is 20.8 Å². The zero-order chi connectivity index (χ0) is 16.2. The maximum Gasteiger partial charge on any atom is 0.322 e. The molecule has 0 saturated carbocycles. The SMILES string of the molecule is CCCc1[nH]nc(C(=O)NCC2(C)CCNCC2)c1[N+](=O)[O-].Cl. The first-order valence-electron chi connectivity index (χ1n) is 7.67. The molecule has 1 amide bonds. The number of carbonyl (C=O) groups is 1. The van der Waals surface area contributed by atoms with Gasteiger partial charge in [-0.05, 0) is 37.8 Å². The molecule has 0 radical (unpaired) electrons. The van der Waals surface area contributed by atoms with Crippen LogP contribution in [0.2, 0.25) is 0 Å². The first-order chi connectivity index (χ1) is 10.5. The van der Waals surface area contributed by atoms with E-state index in [1.54, 1.807) is 0 Å². The topological polar surface area (TPSA) is 113 Å². The molecule has 1 aliphatic rings. The third-order valence-corrected chi connectivity index (χ3v) is 4.20. The molecular formula is C14H24ClN5O3. The third-order valence-electron chi connectivity index (χ3n) is 4.20. The van der Waals surface area contributed by atoms with Gasteiger partial charge in [0.05, 0.1) is 4.92 Å². The molecule has 0 unspecified atom stereocenters.